The molecule has 0 saturated heterocycles. The first-order valence-electron chi connectivity index (χ1n) is 7.41. The third-order valence-electron chi connectivity index (χ3n) is 3.14. The van der Waals surface area contributed by atoms with Crippen molar-refractivity contribution >= 4 is 17.3 Å². The Morgan fingerprint density at radius 3 is 1.79 bits per heavy atom. The second-order valence-corrected chi connectivity index (χ2v) is 6.48. The van der Waals surface area contributed by atoms with E-state index in [1.54, 1.807) is 12.1 Å². The fourth-order valence-electron chi connectivity index (χ4n) is 2.08. The molecule has 0 bridgehead atoms. The second-order valence-electron chi connectivity index (χ2n) is 6.48. The monoisotopic (exact) mass is 336 g/mol. The first kappa shape index (κ1) is 17.8. The number of amides is 1. The van der Waals surface area contributed by atoms with Gasteiger partial charge in [-0.05, 0) is 69.3 Å². The molecule has 6 heteroatoms. The lowest BCUT2D eigenvalue weighted by molar-refractivity contribution is -0.137. The number of rotatable bonds is 3. The lowest BCUT2D eigenvalue weighted by Gasteiger charge is -2.22. The summed E-state index contributed by atoms with van der Waals surface area (Å²) in [5, 5.41) is 5.95. The van der Waals surface area contributed by atoms with Crippen LogP contribution in [0.4, 0.5) is 24.5 Å². The quantitative estimate of drug-likeness (QED) is 0.812. The summed E-state index contributed by atoms with van der Waals surface area (Å²) < 4.78 is 37.5. The van der Waals surface area contributed by atoms with Crippen LogP contribution in [0.15, 0.2) is 48.5 Å². The van der Waals surface area contributed by atoms with Crippen molar-refractivity contribution in [2.45, 2.75) is 32.5 Å². The van der Waals surface area contributed by atoms with Crippen LogP contribution in [0.3, 0.4) is 0 Å². The number of hydrogen-bond donors (Lipinski definition) is 2. The zero-order chi connectivity index (χ0) is 18.0. The number of halogens is 3. The lowest BCUT2D eigenvalue weighted by atomic mass is 10.1. The standard InChI is InChI=1S/C18H19F3N2O/c1-17(2,3)23-15-10-8-14(9-11-15)22-16(24)12-4-6-13(7-5-12)18(19,20)21/h4-11,23H,1-3H3,(H,22,24). The minimum atomic E-state index is -4.41. The zero-order valence-corrected chi connectivity index (χ0v) is 13.7. The van der Waals surface area contributed by atoms with Crippen LogP contribution in [-0.4, -0.2) is 11.4 Å². The Kier molecular flexibility index (Phi) is 4.87. The summed E-state index contributed by atoms with van der Waals surface area (Å²) >= 11 is 0. The van der Waals surface area contributed by atoms with E-state index in [-0.39, 0.29) is 11.1 Å². The molecule has 0 atom stereocenters. The van der Waals surface area contributed by atoms with Crippen molar-refractivity contribution in [3.63, 3.8) is 0 Å². The van der Waals surface area contributed by atoms with Crippen molar-refractivity contribution in [3.05, 3.63) is 59.7 Å². The number of anilines is 2. The third-order valence-corrected chi connectivity index (χ3v) is 3.14. The molecular formula is C18H19F3N2O. The number of benzene rings is 2. The number of alkyl halides is 3. The molecule has 1 amide bonds. The summed E-state index contributed by atoms with van der Waals surface area (Å²) in [5.74, 6) is -0.458. The molecule has 24 heavy (non-hydrogen) atoms. The molecule has 0 unspecified atom stereocenters. The van der Waals surface area contributed by atoms with Gasteiger partial charge in [0, 0.05) is 22.5 Å². The van der Waals surface area contributed by atoms with Gasteiger partial charge >= 0.3 is 6.18 Å². The SMILES string of the molecule is CC(C)(C)Nc1ccc(NC(=O)c2ccc(C(F)(F)F)cc2)cc1. The van der Waals surface area contributed by atoms with Crippen molar-refractivity contribution in [2.24, 2.45) is 0 Å². The van der Waals surface area contributed by atoms with Crippen LogP contribution in [0.25, 0.3) is 0 Å². The molecule has 3 nitrogen and oxygen atoms in total. The summed E-state index contributed by atoms with van der Waals surface area (Å²) in [7, 11) is 0. The highest BCUT2D eigenvalue weighted by Gasteiger charge is 2.30. The van der Waals surface area contributed by atoms with Gasteiger partial charge in [-0.1, -0.05) is 0 Å². The highest BCUT2D eigenvalue weighted by molar-refractivity contribution is 6.04. The summed E-state index contributed by atoms with van der Waals surface area (Å²) in [6.07, 6.45) is -4.41. The van der Waals surface area contributed by atoms with Gasteiger partial charge in [0.15, 0.2) is 0 Å². The van der Waals surface area contributed by atoms with Crippen molar-refractivity contribution < 1.29 is 18.0 Å². The fraction of sp³-hybridized carbons (Fsp3) is 0.278. The minimum Gasteiger partial charge on any atom is -0.380 e. The molecule has 2 rings (SSSR count). The maximum atomic E-state index is 12.5. The van der Waals surface area contributed by atoms with E-state index in [4.69, 9.17) is 0 Å². The Bertz CT molecular complexity index is 699. The Morgan fingerprint density at radius 2 is 1.33 bits per heavy atom. The van der Waals surface area contributed by atoms with Crippen LogP contribution in [0.5, 0.6) is 0 Å². The van der Waals surface area contributed by atoms with Gasteiger partial charge in [0.05, 0.1) is 5.56 Å². The number of carbonyl (C=O) groups is 1. The first-order valence-corrected chi connectivity index (χ1v) is 7.41. The predicted octanol–water partition coefficient (Wildman–Crippen LogP) is 5.17. The zero-order valence-electron chi connectivity index (χ0n) is 13.7. The first-order chi connectivity index (χ1) is 11.0. The van der Waals surface area contributed by atoms with Crippen LogP contribution in [0, 0.1) is 0 Å². The molecule has 128 valence electrons. The van der Waals surface area contributed by atoms with Crippen LogP contribution >= 0.6 is 0 Å². The molecule has 2 aromatic carbocycles. The fourth-order valence-corrected chi connectivity index (χ4v) is 2.08. The van der Waals surface area contributed by atoms with E-state index >= 15 is 0 Å². The van der Waals surface area contributed by atoms with E-state index in [1.807, 2.05) is 32.9 Å². The second kappa shape index (κ2) is 6.55. The summed E-state index contributed by atoms with van der Waals surface area (Å²) in [5.41, 5.74) is 0.788. The molecule has 2 aromatic rings. The molecule has 0 fully saturated rings. The van der Waals surface area contributed by atoms with Crippen LogP contribution in [0.1, 0.15) is 36.7 Å². The maximum Gasteiger partial charge on any atom is 0.416 e. The summed E-state index contributed by atoms with van der Waals surface area (Å²) in [6.45, 7) is 6.11. The van der Waals surface area contributed by atoms with Gasteiger partial charge in [-0.25, -0.2) is 0 Å². The largest absolute Gasteiger partial charge is 0.416 e. The Hall–Kier alpha value is -2.50. The maximum absolute atomic E-state index is 12.5. The van der Waals surface area contributed by atoms with Crippen LogP contribution < -0.4 is 10.6 Å². The van der Waals surface area contributed by atoms with Gasteiger partial charge in [0.2, 0.25) is 0 Å². The van der Waals surface area contributed by atoms with E-state index in [0.717, 1.165) is 30.0 Å². The van der Waals surface area contributed by atoms with Crippen molar-refractivity contribution in [1.29, 1.82) is 0 Å². The molecule has 0 heterocycles. The van der Waals surface area contributed by atoms with E-state index in [2.05, 4.69) is 10.6 Å². The van der Waals surface area contributed by atoms with Gasteiger partial charge < -0.3 is 10.6 Å². The smallest absolute Gasteiger partial charge is 0.380 e. The Labute approximate surface area is 138 Å². The van der Waals surface area contributed by atoms with Gasteiger partial charge in [-0.2, -0.15) is 13.2 Å². The van der Waals surface area contributed by atoms with E-state index in [1.165, 1.54) is 0 Å². The van der Waals surface area contributed by atoms with Crippen LogP contribution in [0.2, 0.25) is 0 Å². The van der Waals surface area contributed by atoms with Gasteiger partial charge in [-0.15, -0.1) is 0 Å². The lowest BCUT2D eigenvalue weighted by Crippen LogP contribution is -2.25. The molecule has 0 saturated carbocycles. The van der Waals surface area contributed by atoms with Crippen LogP contribution in [-0.2, 0) is 6.18 Å². The van der Waals surface area contributed by atoms with Gasteiger partial charge in [-0.3, -0.25) is 4.79 Å². The topological polar surface area (TPSA) is 41.1 Å². The molecule has 2 N–H and O–H groups in total. The predicted molar refractivity (Wildman–Crippen MR) is 89.2 cm³/mol. The highest BCUT2D eigenvalue weighted by atomic mass is 19.4. The molecule has 0 radical (unpaired) electrons. The molecular weight excluding hydrogens is 317 g/mol. The Balaban J connectivity index is 2.04. The average Bonchev–Trinajstić information content (AvgIpc) is 2.47. The van der Waals surface area contributed by atoms with Crippen molar-refractivity contribution in [2.75, 3.05) is 10.6 Å². The van der Waals surface area contributed by atoms with E-state index in [0.29, 0.717) is 5.69 Å². The number of nitrogens with one attached hydrogen (secondary N) is 2. The summed E-state index contributed by atoms with van der Waals surface area (Å²) in [4.78, 5) is 12.1. The van der Waals surface area contributed by atoms with Gasteiger partial charge in [0.1, 0.15) is 0 Å². The molecule has 0 aliphatic carbocycles. The molecule has 0 aliphatic heterocycles. The number of carbonyl (C=O) groups excluding carboxylic acids is 1. The van der Waals surface area contributed by atoms with Crippen molar-refractivity contribution in [1.82, 2.24) is 0 Å². The molecule has 0 aromatic heterocycles. The van der Waals surface area contributed by atoms with E-state index in [9.17, 15) is 18.0 Å². The summed E-state index contributed by atoms with van der Waals surface area (Å²) in [6, 6.07) is 11.2. The van der Waals surface area contributed by atoms with Gasteiger partial charge in [0.25, 0.3) is 5.91 Å². The highest BCUT2D eigenvalue weighted by Crippen LogP contribution is 2.29. The number of hydrogen-bond acceptors (Lipinski definition) is 2. The Morgan fingerprint density at radius 1 is 0.833 bits per heavy atom. The normalized spacial score (nSPS) is 11.9. The molecule has 0 spiro atoms. The molecule has 0 aliphatic rings. The third kappa shape index (κ3) is 5.01. The van der Waals surface area contributed by atoms with Crippen molar-refractivity contribution in [3.8, 4) is 0 Å². The minimum absolute atomic E-state index is 0.0784. The average molecular weight is 336 g/mol. The van der Waals surface area contributed by atoms with E-state index < -0.39 is 17.6 Å².